The highest BCUT2D eigenvalue weighted by molar-refractivity contribution is 5.47. The molecule has 0 aliphatic carbocycles. The molecule has 0 aliphatic rings. The molecule has 0 atom stereocenters. The number of ether oxygens (including phenoxy) is 1. The van der Waals surface area contributed by atoms with Crippen LogP contribution < -0.4 is 10.6 Å². The van der Waals surface area contributed by atoms with Gasteiger partial charge in [0, 0.05) is 31.7 Å². The Labute approximate surface area is 109 Å². The van der Waals surface area contributed by atoms with Crippen molar-refractivity contribution in [2.24, 2.45) is 0 Å². The van der Waals surface area contributed by atoms with Crippen molar-refractivity contribution in [1.29, 1.82) is 0 Å². The fraction of sp³-hybridized carbons (Fsp3) is 0.692. The van der Waals surface area contributed by atoms with Crippen molar-refractivity contribution in [3.8, 4) is 0 Å². The Balaban J connectivity index is 2.78. The normalized spacial score (nSPS) is 11.4. The number of nitrogens with one attached hydrogen (secondary N) is 2. The zero-order valence-electron chi connectivity index (χ0n) is 12.0. The third-order valence-electron chi connectivity index (χ3n) is 2.41. The van der Waals surface area contributed by atoms with E-state index in [9.17, 15) is 0 Å². The van der Waals surface area contributed by atoms with Gasteiger partial charge in [-0.05, 0) is 6.92 Å². The largest absolute Gasteiger partial charge is 0.380 e. The molecule has 0 bridgehead atoms. The highest BCUT2D eigenvalue weighted by Gasteiger charge is 2.18. The predicted octanol–water partition coefficient (Wildman–Crippen LogP) is 2.26. The first-order valence-electron chi connectivity index (χ1n) is 6.36. The zero-order valence-corrected chi connectivity index (χ0v) is 12.0. The average molecular weight is 252 g/mol. The van der Waals surface area contributed by atoms with Gasteiger partial charge in [0.15, 0.2) is 0 Å². The van der Waals surface area contributed by atoms with Crippen LogP contribution in [0.2, 0.25) is 0 Å². The molecule has 0 amide bonds. The third-order valence-corrected chi connectivity index (χ3v) is 2.41. The molecule has 1 heterocycles. The summed E-state index contributed by atoms with van der Waals surface area (Å²) in [6.45, 7) is 10.5. The molecule has 0 aromatic carbocycles. The van der Waals surface area contributed by atoms with E-state index in [1.54, 1.807) is 0 Å². The average Bonchev–Trinajstić information content (AvgIpc) is 2.33. The van der Waals surface area contributed by atoms with E-state index >= 15 is 0 Å². The van der Waals surface area contributed by atoms with E-state index in [1.807, 2.05) is 20.0 Å². The molecule has 1 aromatic rings. The van der Waals surface area contributed by atoms with Gasteiger partial charge in [0.1, 0.15) is 17.5 Å². The van der Waals surface area contributed by atoms with Gasteiger partial charge >= 0.3 is 0 Å². The molecule has 0 saturated carbocycles. The molecule has 1 rings (SSSR count). The number of hydrogen-bond acceptors (Lipinski definition) is 5. The van der Waals surface area contributed by atoms with Crippen molar-refractivity contribution in [2.75, 3.05) is 37.4 Å². The first kappa shape index (κ1) is 14.7. The molecule has 102 valence electrons. The zero-order chi connectivity index (χ0) is 13.6. The summed E-state index contributed by atoms with van der Waals surface area (Å²) in [5, 5.41) is 6.31. The van der Waals surface area contributed by atoms with Crippen LogP contribution in [0.15, 0.2) is 6.07 Å². The van der Waals surface area contributed by atoms with E-state index in [0.29, 0.717) is 6.61 Å². The minimum Gasteiger partial charge on any atom is -0.380 e. The number of anilines is 2. The quantitative estimate of drug-likeness (QED) is 0.761. The van der Waals surface area contributed by atoms with Crippen LogP contribution in [0.1, 0.15) is 33.5 Å². The molecular weight excluding hydrogens is 228 g/mol. The lowest BCUT2D eigenvalue weighted by Gasteiger charge is -2.18. The standard InChI is InChI=1S/C13H24N4O/c1-6-18-8-7-15-11-9-10(14-5)16-12(17-11)13(2,3)4/h9H,6-8H2,1-5H3,(H2,14,15,16,17). The van der Waals surface area contributed by atoms with Crippen LogP contribution in [0, 0.1) is 0 Å². The van der Waals surface area contributed by atoms with Crippen LogP contribution in [0.5, 0.6) is 0 Å². The van der Waals surface area contributed by atoms with Crippen LogP contribution in [0.4, 0.5) is 11.6 Å². The van der Waals surface area contributed by atoms with Crippen LogP contribution >= 0.6 is 0 Å². The third kappa shape index (κ3) is 4.49. The van der Waals surface area contributed by atoms with Crippen molar-refractivity contribution >= 4 is 11.6 Å². The molecule has 0 aliphatic heterocycles. The van der Waals surface area contributed by atoms with E-state index in [2.05, 4.69) is 41.4 Å². The van der Waals surface area contributed by atoms with E-state index in [1.165, 1.54) is 0 Å². The smallest absolute Gasteiger partial charge is 0.138 e. The molecule has 1 aromatic heterocycles. The molecule has 2 N–H and O–H groups in total. The van der Waals surface area contributed by atoms with Gasteiger partial charge in [-0.25, -0.2) is 9.97 Å². The van der Waals surface area contributed by atoms with E-state index in [0.717, 1.165) is 30.6 Å². The van der Waals surface area contributed by atoms with E-state index < -0.39 is 0 Å². The maximum Gasteiger partial charge on any atom is 0.138 e. The van der Waals surface area contributed by atoms with Crippen molar-refractivity contribution < 1.29 is 4.74 Å². The lowest BCUT2D eigenvalue weighted by molar-refractivity contribution is 0.158. The summed E-state index contributed by atoms with van der Waals surface area (Å²) in [7, 11) is 1.86. The fourth-order valence-corrected chi connectivity index (χ4v) is 1.40. The highest BCUT2D eigenvalue weighted by Crippen LogP contribution is 2.21. The second kappa shape index (κ2) is 6.54. The van der Waals surface area contributed by atoms with Gasteiger partial charge in [-0.1, -0.05) is 20.8 Å². The van der Waals surface area contributed by atoms with Crippen LogP contribution in [-0.2, 0) is 10.2 Å². The Bertz CT molecular complexity index is 374. The first-order chi connectivity index (χ1) is 8.47. The molecule has 0 fully saturated rings. The SMILES string of the molecule is CCOCCNc1cc(NC)nc(C(C)(C)C)n1. The van der Waals surface area contributed by atoms with Crippen molar-refractivity contribution in [2.45, 2.75) is 33.1 Å². The minimum absolute atomic E-state index is 0.0663. The lowest BCUT2D eigenvalue weighted by Crippen LogP contribution is -2.19. The Morgan fingerprint density at radius 2 is 1.89 bits per heavy atom. The van der Waals surface area contributed by atoms with Crippen molar-refractivity contribution in [1.82, 2.24) is 9.97 Å². The summed E-state index contributed by atoms with van der Waals surface area (Å²) in [6.07, 6.45) is 0. The minimum atomic E-state index is -0.0663. The molecule has 0 spiro atoms. The Morgan fingerprint density at radius 1 is 1.22 bits per heavy atom. The number of aromatic nitrogens is 2. The second-order valence-corrected chi connectivity index (χ2v) is 5.09. The first-order valence-corrected chi connectivity index (χ1v) is 6.36. The fourth-order valence-electron chi connectivity index (χ4n) is 1.40. The molecule has 18 heavy (non-hydrogen) atoms. The molecule has 5 nitrogen and oxygen atoms in total. The van der Waals surface area contributed by atoms with E-state index in [4.69, 9.17) is 4.74 Å². The maximum atomic E-state index is 5.29. The van der Waals surface area contributed by atoms with Gasteiger partial charge in [0.2, 0.25) is 0 Å². The van der Waals surface area contributed by atoms with Crippen molar-refractivity contribution in [3.05, 3.63) is 11.9 Å². The number of nitrogens with zero attached hydrogens (tertiary/aromatic N) is 2. The predicted molar refractivity (Wildman–Crippen MR) is 75.3 cm³/mol. The molecule has 5 heteroatoms. The van der Waals surface area contributed by atoms with Gasteiger partial charge in [-0.2, -0.15) is 0 Å². The van der Waals surface area contributed by atoms with Gasteiger partial charge in [0.05, 0.1) is 6.61 Å². The summed E-state index contributed by atoms with van der Waals surface area (Å²) in [4.78, 5) is 9.01. The van der Waals surface area contributed by atoms with Crippen LogP contribution in [0.3, 0.4) is 0 Å². The summed E-state index contributed by atoms with van der Waals surface area (Å²) in [5.41, 5.74) is -0.0663. The summed E-state index contributed by atoms with van der Waals surface area (Å²) in [5.74, 6) is 2.49. The van der Waals surface area contributed by atoms with Gasteiger partial charge < -0.3 is 15.4 Å². The Kier molecular flexibility index (Phi) is 5.34. The number of hydrogen-bond donors (Lipinski definition) is 2. The molecule has 0 radical (unpaired) electrons. The molecule has 0 unspecified atom stereocenters. The summed E-state index contributed by atoms with van der Waals surface area (Å²) < 4.78 is 5.29. The lowest BCUT2D eigenvalue weighted by atomic mass is 9.96. The van der Waals surface area contributed by atoms with Gasteiger partial charge in [-0.3, -0.25) is 0 Å². The molecule has 0 saturated heterocycles. The highest BCUT2D eigenvalue weighted by atomic mass is 16.5. The Hall–Kier alpha value is -1.36. The van der Waals surface area contributed by atoms with Gasteiger partial charge in [-0.15, -0.1) is 0 Å². The number of rotatable bonds is 6. The molecular formula is C13H24N4O. The van der Waals surface area contributed by atoms with Crippen LogP contribution in [-0.4, -0.2) is 36.8 Å². The summed E-state index contributed by atoms with van der Waals surface area (Å²) >= 11 is 0. The van der Waals surface area contributed by atoms with E-state index in [-0.39, 0.29) is 5.41 Å². The Morgan fingerprint density at radius 3 is 2.44 bits per heavy atom. The topological polar surface area (TPSA) is 59.1 Å². The maximum absolute atomic E-state index is 5.29. The monoisotopic (exact) mass is 252 g/mol. The second-order valence-electron chi connectivity index (χ2n) is 5.09. The van der Waals surface area contributed by atoms with Gasteiger partial charge in [0.25, 0.3) is 0 Å². The summed E-state index contributed by atoms with van der Waals surface area (Å²) in [6, 6.07) is 1.90. The van der Waals surface area contributed by atoms with Crippen molar-refractivity contribution in [3.63, 3.8) is 0 Å². The van der Waals surface area contributed by atoms with Crippen LogP contribution in [0.25, 0.3) is 0 Å².